The van der Waals surface area contributed by atoms with Crippen LogP contribution in [0.25, 0.3) is 10.9 Å². The van der Waals surface area contributed by atoms with E-state index < -0.39 is 10.0 Å². The molecule has 0 aliphatic carbocycles. The number of unbranched alkanes of at least 4 members (excludes halogenated alkanes) is 2. The van der Waals surface area contributed by atoms with Gasteiger partial charge in [0.05, 0.1) is 17.3 Å². The lowest BCUT2D eigenvalue weighted by molar-refractivity contribution is 0.582. The van der Waals surface area contributed by atoms with Crippen LogP contribution in [0.2, 0.25) is 0 Å². The van der Waals surface area contributed by atoms with E-state index in [0.29, 0.717) is 6.42 Å². The summed E-state index contributed by atoms with van der Waals surface area (Å²) >= 11 is 0. The second-order valence-electron chi connectivity index (χ2n) is 6.20. The first kappa shape index (κ1) is 16.2. The third kappa shape index (κ3) is 3.34. The molecule has 0 fully saturated rings. The van der Waals surface area contributed by atoms with Gasteiger partial charge in [0.25, 0.3) is 0 Å². The van der Waals surface area contributed by atoms with Gasteiger partial charge in [0, 0.05) is 17.1 Å². The van der Waals surface area contributed by atoms with E-state index in [-0.39, 0.29) is 11.8 Å². The summed E-state index contributed by atoms with van der Waals surface area (Å²) in [6, 6.07) is 7.84. The van der Waals surface area contributed by atoms with Crippen LogP contribution in [0.1, 0.15) is 57.1 Å². The Bertz CT molecular complexity index is 806. The van der Waals surface area contributed by atoms with E-state index >= 15 is 0 Å². The second-order valence-corrected chi connectivity index (χ2v) is 8.16. The fourth-order valence-corrected chi connectivity index (χ4v) is 4.72. The molecule has 0 bridgehead atoms. The minimum atomic E-state index is -3.31. The van der Waals surface area contributed by atoms with E-state index in [1.807, 2.05) is 30.5 Å². The highest BCUT2D eigenvalue weighted by molar-refractivity contribution is 7.90. The van der Waals surface area contributed by atoms with Gasteiger partial charge in [-0.1, -0.05) is 38.0 Å². The average Bonchev–Trinajstić information content (AvgIpc) is 2.96. The molecular formula is C18H24N2O2S. The van der Waals surface area contributed by atoms with Gasteiger partial charge >= 0.3 is 0 Å². The number of aliphatic imine (C=N–C) groups is 1. The number of benzene rings is 1. The van der Waals surface area contributed by atoms with Crippen molar-refractivity contribution in [3.63, 3.8) is 0 Å². The van der Waals surface area contributed by atoms with Crippen molar-refractivity contribution in [2.45, 2.75) is 51.5 Å². The number of hydrogen-bond donors (Lipinski definition) is 0. The molecule has 2 heterocycles. The first-order valence-electron chi connectivity index (χ1n) is 8.48. The molecule has 0 radical (unpaired) electrons. The third-order valence-electron chi connectivity index (χ3n) is 4.47. The summed E-state index contributed by atoms with van der Waals surface area (Å²) in [4.78, 5) is 4.59. The Morgan fingerprint density at radius 1 is 1.26 bits per heavy atom. The molecule has 1 aliphatic rings. The highest BCUT2D eigenvalue weighted by Crippen LogP contribution is 2.34. The van der Waals surface area contributed by atoms with Crippen LogP contribution in [-0.4, -0.2) is 24.4 Å². The van der Waals surface area contributed by atoms with E-state index in [1.165, 1.54) is 3.97 Å². The van der Waals surface area contributed by atoms with Gasteiger partial charge in [-0.2, -0.15) is 0 Å². The molecule has 4 nitrogen and oxygen atoms in total. The van der Waals surface area contributed by atoms with Gasteiger partial charge in [-0.25, -0.2) is 12.4 Å². The maximum Gasteiger partial charge on any atom is 0.238 e. The number of hydrogen-bond acceptors (Lipinski definition) is 3. The molecule has 124 valence electrons. The zero-order valence-electron chi connectivity index (χ0n) is 13.6. The molecule has 1 aromatic carbocycles. The van der Waals surface area contributed by atoms with Gasteiger partial charge in [0.2, 0.25) is 10.0 Å². The predicted molar refractivity (Wildman–Crippen MR) is 95.7 cm³/mol. The smallest absolute Gasteiger partial charge is 0.238 e. The zero-order chi connectivity index (χ0) is 16.3. The molecule has 1 unspecified atom stereocenters. The van der Waals surface area contributed by atoms with Crippen LogP contribution in [0.15, 0.2) is 35.5 Å². The SMILES string of the molecule is CCCCCS(=O)(=O)n1cc(C2CCCC=N2)c2ccccc21. The van der Waals surface area contributed by atoms with Crippen LogP contribution < -0.4 is 0 Å². The fourth-order valence-electron chi connectivity index (χ4n) is 3.22. The Labute approximate surface area is 138 Å². The van der Waals surface area contributed by atoms with Crippen LogP contribution in [0.4, 0.5) is 0 Å². The summed E-state index contributed by atoms with van der Waals surface area (Å²) in [5, 5.41) is 1.01. The highest BCUT2D eigenvalue weighted by atomic mass is 32.2. The van der Waals surface area contributed by atoms with Gasteiger partial charge in [0.15, 0.2) is 0 Å². The Morgan fingerprint density at radius 3 is 2.83 bits per heavy atom. The number of aromatic nitrogens is 1. The van der Waals surface area contributed by atoms with Crippen molar-refractivity contribution in [2.75, 3.05) is 5.75 Å². The molecule has 0 N–H and O–H groups in total. The van der Waals surface area contributed by atoms with Crippen LogP contribution >= 0.6 is 0 Å². The summed E-state index contributed by atoms with van der Waals surface area (Å²) in [6.45, 7) is 2.08. The van der Waals surface area contributed by atoms with Crippen molar-refractivity contribution < 1.29 is 8.42 Å². The minimum absolute atomic E-state index is 0.0840. The molecule has 2 aromatic rings. The van der Waals surface area contributed by atoms with Gasteiger partial charge in [-0.15, -0.1) is 0 Å². The number of rotatable bonds is 6. The Balaban J connectivity index is 2.04. The van der Waals surface area contributed by atoms with Crippen LogP contribution in [0.3, 0.4) is 0 Å². The molecule has 0 saturated carbocycles. The van der Waals surface area contributed by atoms with Gasteiger partial charge < -0.3 is 0 Å². The maximum atomic E-state index is 12.7. The fraction of sp³-hybridized carbons (Fsp3) is 0.500. The molecule has 1 aliphatic heterocycles. The summed E-state index contributed by atoms with van der Waals surface area (Å²) in [5.74, 6) is 0.201. The molecule has 5 heteroatoms. The lowest BCUT2D eigenvalue weighted by Crippen LogP contribution is -2.15. The van der Waals surface area contributed by atoms with Gasteiger partial charge in [0.1, 0.15) is 0 Å². The highest BCUT2D eigenvalue weighted by Gasteiger charge is 2.23. The molecule has 0 amide bonds. The largest absolute Gasteiger partial charge is 0.289 e. The van der Waals surface area contributed by atoms with Crippen molar-refractivity contribution in [3.8, 4) is 0 Å². The second kappa shape index (κ2) is 6.87. The lowest BCUT2D eigenvalue weighted by Gasteiger charge is -2.14. The molecule has 1 aromatic heterocycles. The van der Waals surface area contributed by atoms with E-state index in [0.717, 1.165) is 48.6 Å². The molecular weight excluding hydrogens is 308 g/mol. The van der Waals surface area contributed by atoms with Crippen molar-refractivity contribution in [1.82, 2.24) is 3.97 Å². The predicted octanol–water partition coefficient (Wildman–Crippen LogP) is 4.31. The molecule has 0 saturated heterocycles. The van der Waals surface area contributed by atoms with Crippen molar-refractivity contribution in [2.24, 2.45) is 4.99 Å². The summed E-state index contributed by atoms with van der Waals surface area (Å²) in [6.07, 6.45) is 9.56. The topological polar surface area (TPSA) is 51.4 Å². The first-order chi connectivity index (χ1) is 11.1. The lowest BCUT2D eigenvalue weighted by atomic mass is 9.99. The number of fused-ring (bicyclic) bond motifs is 1. The van der Waals surface area contributed by atoms with Gasteiger partial charge in [-0.3, -0.25) is 4.99 Å². The van der Waals surface area contributed by atoms with E-state index in [2.05, 4.69) is 11.9 Å². The Hall–Kier alpha value is -1.62. The number of nitrogens with zero attached hydrogens (tertiary/aromatic N) is 2. The Kier molecular flexibility index (Phi) is 4.85. The molecule has 1 atom stereocenters. The monoisotopic (exact) mass is 332 g/mol. The summed E-state index contributed by atoms with van der Waals surface area (Å²) in [5.41, 5.74) is 1.82. The third-order valence-corrected chi connectivity index (χ3v) is 6.18. The minimum Gasteiger partial charge on any atom is -0.289 e. The standard InChI is InChI=1S/C18H24N2O2S/c1-2-3-8-13-23(21,22)20-14-16(17-10-6-7-12-19-17)15-9-4-5-11-18(15)20/h4-5,9,11-12,14,17H,2-3,6-8,10,13H2,1H3. The quantitative estimate of drug-likeness (QED) is 0.740. The number of para-hydroxylation sites is 1. The maximum absolute atomic E-state index is 12.7. The normalized spacial score (nSPS) is 18.6. The average molecular weight is 332 g/mol. The van der Waals surface area contributed by atoms with Crippen LogP contribution in [-0.2, 0) is 10.0 Å². The van der Waals surface area contributed by atoms with E-state index in [9.17, 15) is 8.42 Å². The van der Waals surface area contributed by atoms with Crippen molar-refractivity contribution in [3.05, 3.63) is 36.0 Å². The van der Waals surface area contributed by atoms with E-state index in [1.54, 1.807) is 6.20 Å². The molecule has 3 rings (SSSR count). The first-order valence-corrected chi connectivity index (χ1v) is 10.1. The Morgan fingerprint density at radius 2 is 2.09 bits per heavy atom. The van der Waals surface area contributed by atoms with Crippen LogP contribution in [0, 0.1) is 0 Å². The summed E-state index contributed by atoms with van der Waals surface area (Å²) < 4.78 is 27.0. The molecule has 23 heavy (non-hydrogen) atoms. The zero-order valence-corrected chi connectivity index (χ0v) is 14.4. The van der Waals surface area contributed by atoms with E-state index in [4.69, 9.17) is 0 Å². The summed E-state index contributed by atoms with van der Waals surface area (Å²) in [7, 11) is -3.31. The van der Waals surface area contributed by atoms with Crippen LogP contribution in [0.5, 0.6) is 0 Å². The molecule has 0 spiro atoms. The van der Waals surface area contributed by atoms with Crippen molar-refractivity contribution in [1.29, 1.82) is 0 Å². The van der Waals surface area contributed by atoms with Gasteiger partial charge in [-0.05, 0) is 38.0 Å². The van der Waals surface area contributed by atoms with Crippen molar-refractivity contribution >= 4 is 27.1 Å².